The van der Waals surface area contributed by atoms with E-state index < -0.39 is 0 Å². The largest absolute Gasteiger partial charge is 0.454 e. The van der Waals surface area contributed by atoms with E-state index in [9.17, 15) is 0 Å². The molecule has 2 aromatic carbocycles. The molecule has 1 N–H and O–H groups in total. The van der Waals surface area contributed by atoms with Gasteiger partial charge >= 0.3 is 0 Å². The van der Waals surface area contributed by atoms with Crippen LogP contribution in [0.5, 0.6) is 11.5 Å². The molecule has 1 aliphatic heterocycles. The van der Waals surface area contributed by atoms with Crippen LogP contribution in [-0.2, 0) is 6.54 Å². The van der Waals surface area contributed by atoms with E-state index in [2.05, 4.69) is 47.1 Å². The van der Waals surface area contributed by atoms with Gasteiger partial charge in [0.1, 0.15) is 17.2 Å². The molecule has 3 heterocycles. The Morgan fingerprint density at radius 3 is 2.74 bits per heavy atom. The van der Waals surface area contributed by atoms with Crippen molar-refractivity contribution in [2.75, 3.05) is 12.1 Å². The van der Waals surface area contributed by atoms with Gasteiger partial charge in [-0.05, 0) is 48.4 Å². The van der Waals surface area contributed by atoms with E-state index in [-0.39, 0.29) is 6.79 Å². The molecule has 0 saturated carbocycles. The average molecular weight is 357 g/mol. The fraction of sp³-hybridized carbons (Fsp3) is 0.136. The Morgan fingerprint density at radius 2 is 1.85 bits per heavy atom. The van der Waals surface area contributed by atoms with Crippen molar-refractivity contribution < 1.29 is 9.47 Å². The van der Waals surface area contributed by atoms with Crippen molar-refractivity contribution in [1.29, 1.82) is 0 Å². The molecular formula is C22H19N3O2. The molecule has 0 atom stereocenters. The van der Waals surface area contributed by atoms with Gasteiger partial charge in [-0.25, -0.2) is 4.98 Å². The monoisotopic (exact) mass is 357 g/mol. The third kappa shape index (κ3) is 2.87. The van der Waals surface area contributed by atoms with Gasteiger partial charge in [-0.1, -0.05) is 30.3 Å². The number of aryl methyl sites for hydroxylation is 1. The Hall–Kier alpha value is -3.47. The SMILES string of the molecule is Cc1ccn2c(NCc3ccccc3)c(-c3ccc4c(c3)OCO4)nc2c1. The van der Waals surface area contributed by atoms with Crippen molar-refractivity contribution in [2.45, 2.75) is 13.5 Å². The summed E-state index contributed by atoms with van der Waals surface area (Å²) in [6.45, 7) is 3.06. The summed E-state index contributed by atoms with van der Waals surface area (Å²) < 4.78 is 13.1. The lowest BCUT2D eigenvalue weighted by molar-refractivity contribution is 0.174. The molecule has 134 valence electrons. The maximum Gasteiger partial charge on any atom is 0.231 e. The Labute approximate surface area is 157 Å². The maximum atomic E-state index is 5.55. The van der Waals surface area contributed by atoms with E-state index in [0.29, 0.717) is 0 Å². The number of nitrogens with one attached hydrogen (secondary N) is 1. The zero-order chi connectivity index (χ0) is 18.2. The van der Waals surface area contributed by atoms with Crippen molar-refractivity contribution in [2.24, 2.45) is 0 Å². The summed E-state index contributed by atoms with van der Waals surface area (Å²) in [7, 11) is 0. The normalized spacial score (nSPS) is 12.5. The molecule has 0 bridgehead atoms. The minimum absolute atomic E-state index is 0.266. The van der Waals surface area contributed by atoms with Crippen molar-refractivity contribution in [3.63, 3.8) is 0 Å². The zero-order valence-electron chi connectivity index (χ0n) is 15.0. The summed E-state index contributed by atoms with van der Waals surface area (Å²) >= 11 is 0. The van der Waals surface area contributed by atoms with Crippen molar-refractivity contribution in [3.05, 3.63) is 78.0 Å². The molecule has 5 heteroatoms. The molecule has 1 aliphatic rings. The molecule has 0 fully saturated rings. The first kappa shape index (κ1) is 15.8. The highest BCUT2D eigenvalue weighted by atomic mass is 16.7. The summed E-state index contributed by atoms with van der Waals surface area (Å²) in [5.41, 5.74) is 5.21. The molecule has 0 unspecified atom stereocenters. The van der Waals surface area contributed by atoms with Crippen LogP contribution >= 0.6 is 0 Å². The van der Waals surface area contributed by atoms with Gasteiger partial charge in [0.15, 0.2) is 11.5 Å². The van der Waals surface area contributed by atoms with Crippen molar-refractivity contribution in [1.82, 2.24) is 9.38 Å². The lowest BCUT2D eigenvalue weighted by atomic mass is 10.1. The number of benzene rings is 2. The third-order valence-electron chi connectivity index (χ3n) is 4.73. The number of anilines is 1. The van der Waals surface area contributed by atoms with Crippen LogP contribution in [0.3, 0.4) is 0 Å². The van der Waals surface area contributed by atoms with Gasteiger partial charge in [-0.2, -0.15) is 0 Å². The van der Waals surface area contributed by atoms with Gasteiger partial charge in [0, 0.05) is 18.3 Å². The molecule has 0 radical (unpaired) electrons. The lowest BCUT2D eigenvalue weighted by Crippen LogP contribution is -2.03. The van der Waals surface area contributed by atoms with Gasteiger partial charge < -0.3 is 14.8 Å². The molecule has 5 rings (SSSR count). The van der Waals surface area contributed by atoms with Crippen LogP contribution in [0.1, 0.15) is 11.1 Å². The average Bonchev–Trinajstić information content (AvgIpc) is 3.30. The summed E-state index contributed by atoms with van der Waals surface area (Å²) in [6.07, 6.45) is 2.06. The first-order valence-corrected chi connectivity index (χ1v) is 8.94. The van der Waals surface area contributed by atoms with Crippen LogP contribution in [-0.4, -0.2) is 16.2 Å². The number of fused-ring (bicyclic) bond motifs is 2. The second kappa shape index (κ2) is 6.36. The molecule has 27 heavy (non-hydrogen) atoms. The quantitative estimate of drug-likeness (QED) is 0.577. The number of nitrogens with zero attached hydrogens (tertiary/aromatic N) is 2. The van der Waals surface area contributed by atoms with Crippen molar-refractivity contribution in [3.8, 4) is 22.8 Å². The number of hydrogen-bond acceptors (Lipinski definition) is 4. The van der Waals surface area contributed by atoms with E-state index in [1.54, 1.807) is 0 Å². The van der Waals surface area contributed by atoms with E-state index in [0.717, 1.165) is 40.8 Å². The van der Waals surface area contributed by atoms with Gasteiger partial charge in [0.2, 0.25) is 6.79 Å². The van der Waals surface area contributed by atoms with E-state index in [1.165, 1.54) is 11.1 Å². The summed E-state index contributed by atoms with van der Waals surface area (Å²) in [6, 6.07) is 20.5. The van der Waals surface area contributed by atoms with Crippen LogP contribution < -0.4 is 14.8 Å². The van der Waals surface area contributed by atoms with Crippen LogP contribution in [0, 0.1) is 6.92 Å². The van der Waals surface area contributed by atoms with Crippen LogP contribution in [0.25, 0.3) is 16.9 Å². The number of rotatable bonds is 4. The van der Waals surface area contributed by atoms with Gasteiger partial charge in [0.25, 0.3) is 0 Å². The summed E-state index contributed by atoms with van der Waals surface area (Å²) in [4.78, 5) is 4.89. The molecule has 2 aromatic heterocycles. The number of pyridine rings is 1. The summed E-state index contributed by atoms with van der Waals surface area (Å²) in [5.74, 6) is 2.50. The topological polar surface area (TPSA) is 47.8 Å². The van der Waals surface area contributed by atoms with E-state index in [1.807, 2.05) is 36.4 Å². The smallest absolute Gasteiger partial charge is 0.231 e. The second-order valence-electron chi connectivity index (χ2n) is 6.65. The number of aromatic nitrogens is 2. The van der Waals surface area contributed by atoms with Gasteiger partial charge in [-0.3, -0.25) is 4.40 Å². The number of imidazole rings is 1. The van der Waals surface area contributed by atoms with E-state index >= 15 is 0 Å². The molecular weight excluding hydrogens is 338 g/mol. The minimum atomic E-state index is 0.266. The van der Waals surface area contributed by atoms with E-state index in [4.69, 9.17) is 14.5 Å². The fourth-order valence-corrected chi connectivity index (χ4v) is 3.34. The maximum absolute atomic E-state index is 5.55. The van der Waals surface area contributed by atoms with Crippen LogP contribution in [0.4, 0.5) is 5.82 Å². The highest BCUT2D eigenvalue weighted by Crippen LogP contribution is 2.38. The Bertz CT molecular complexity index is 1120. The zero-order valence-corrected chi connectivity index (χ0v) is 15.0. The summed E-state index contributed by atoms with van der Waals surface area (Å²) in [5, 5.41) is 3.57. The predicted octanol–water partition coefficient (Wildman–Crippen LogP) is 4.65. The third-order valence-corrected chi connectivity index (χ3v) is 4.73. The first-order chi connectivity index (χ1) is 13.3. The predicted molar refractivity (Wildman–Crippen MR) is 105 cm³/mol. The van der Waals surface area contributed by atoms with Gasteiger partial charge in [-0.15, -0.1) is 0 Å². The number of hydrogen-bond donors (Lipinski definition) is 1. The Balaban J connectivity index is 1.60. The molecule has 4 aromatic rings. The second-order valence-corrected chi connectivity index (χ2v) is 6.65. The molecule has 0 aliphatic carbocycles. The first-order valence-electron chi connectivity index (χ1n) is 8.94. The lowest BCUT2D eigenvalue weighted by Gasteiger charge is -2.09. The van der Waals surface area contributed by atoms with Gasteiger partial charge in [0.05, 0.1) is 0 Å². The molecule has 5 nitrogen and oxygen atoms in total. The van der Waals surface area contributed by atoms with Crippen molar-refractivity contribution >= 4 is 11.5 Å². The molecule has 0 saturated heterocycles. The molecule has 0 spiro atoms. The standard InChI is InChI=1S/C22H19N3O2/c1-15-9-10-25-20(11-15)24-21(17-7-8-18-19(12-17)27-14-26-18)22(25)23-13-16-5-3-2-4-6-16/h2-12,23H,13-14H2,1H3. The fourth-order valence-electron chi connectivity index (χ4n) is 3.34. The van der Waals surface area contributed by atoms with Crippen LogP contribution in [0.2, 0.25) is 0 Å². The highest BCUT2D eigenvalue weighted by molar-refractivity contribution is 5.78. The highest BCUT2D eigenvalue weighted by Gasteiger charge is 2.19. The van der Waals surface area contributed by atoms with Crippen LogP contribution in [0.15, 0.2) is 66.9 Å². The Morgan fingerprint density at radius 1 is 1.00 bits per heavy atom. The minimum Gasteiger partial charge on any atom is -0.454 e. The Kier molecular flexibility index (Phi) is 3.71. The number of ether oxygens (including phenoxy) is 2. The molecule has 0 amide bonds.